The van der Waals surface area contributed by atoms with Crippen molar-refractivity contribution in [2.45, 2.75) is 12.8 Å². The Morgan fingerprint density at radius 3 is 2.29 bits per heavy atom. The number of hydrogen-bond acceptors (Lipinski definition) is 3. The highest BCUT2D eigenvalue weighted by molar-refractivity contribution is 7.80. The summed E-state index contributed by atoms with van der Waals surface area (Å²) in [6.45, 7) is 0.899. The van der Waals surface area contributed by atoms with Crippen LogP contribution in [0.2, 0.25) is 0 Å². The average Bonchev–Trinajstić information content (AvgIpc) is 2.01. The third-order valence-corrected chi connectivity index (χ3v) is 2.07. The first kappa shape index (κ1) is 11.1. The molecule has 0 aliphatic heterocycles. The van der Waals surface area contributed by atoms with Crippen LogP contribution in [0, 0.1) is 0 Å². The first-order chi connectivity index (χ1) is 6.31. The zero-order chi connectivity index (χ0) is 10.8. The number of benzene rings is 1. The summed E-state index contributed by atoms with van der Waals surface area (Å²) in [6, 6.07) is 7.41. The lowest BCUT2D eigenvalue weighted by molar-refractivity contribution is -0.0525. The zero-order valence-electron chi connectivity index (χ0n) is 7.34. The lowest BCUT2D eigenvalue weighted by atomic mass is 10.1. The monoisotopic (exact) mass is 220 g/mol. The summed E-state index contributed by atoms with van der Waals surface area (Å²) in [5, 5.41) is 0. The van der Waals surface area contributed by atoms with Gasteiger partial charge in [0.05, 0.1) is 0 Å². The SMILES string of the molecule is CC(F)(OS(=O)(=O)O)c1ccccc1. The number of hydrogen-bond donors (Lipinski definition) is 1. The predicted octanol–water partition coefficient (Wildman–Crippen LogP) is 1.65. The Morgan fingerprint density at radius 2 is 1.86 bits per heavy atom. The molecule has 0 aliphatic carbocycles. The third-order valence-electron chi connectivity index (χ3n) is 1.55. The van der Waals surface area contributed by atoms with Crippen LogP contribution in [0.5, 0.6) is 0 Å². The van der Waals surface area contributed by atoms with Crippen LogP contribution >= 0.6 is 0 Å². The van der Waals surface area contributed by atoms with Gasteiger partial charge in [0.25, 0.3) is 5.85 Å². The predicted molar refractivity (Wildman–Crippen MR) is 47.5 cm³/mol. The summed E-state index contributed by atoms with van der Waals surface area (Å²) in [5.41, 5.74) is 0.0117. The van der Waals surface area contributed by atoms with Crippen LogP contribution in [0.15, 0.2) is 30.3 Å². The lowest BCUT2D eigenvalue weighted by Gasteiger charge is -2.18. The second-order valence-electron chi connectivity index (χ2n) is 2.79. The van der Waals surface area contributed by atoms with Crippen LogP contribution < -0.4 is 0 Å². The van der Waals surface area contributed by atoms with Crippen molar-refractivity contribution in [2.24, 2.45) is 0 Å². The molecule has 0 amide bonds. The van der Waals surface area contributed by atoms with Gasteiger partial charge in [0.15, 0.2) is 0 Å². The minimum Gasteiger partial charge on any atom is -0.263 e. The molecule has 0 radical (unpaired) electrons. The zero-order valence-corrected chi connectivity index (χ0v) is 8.16. The summed E-state index contributed by atoms with van der Waals surface area (Å²) in [5.74, 6) is -2.56. The van der Waals surface area contributed by atoms with Gasteiger partial charge in [0.1, 0.15) is 0 Å². The summed E-state index contributed by atoms with van der Waals surface area (Å²) in [7, 11) is -4.80. The van der Waals surface area contributed by atoms with E-state index in [0.717, 1.165) is 6.92 Å². The minimum absolute atomic E-state index is 0.0117. The molecule has 6 heteroatoms. The third kappa shape index (κ3) is 3.06. The molecule has 0 bridgehead atoms. The van der Waals surface area contributed by atoms with Crippen molar-refractivity contribution in [3.8, 4) is 0 Å². The van der Waals surface area contributed by atoms with Gasteiger partial charge < -0.3 is 0 Å². The molecule has 0 spiro atoms. The summed E-state index contributed by atoms with van der Waals surface area (Å²) >= 11 is 0. The van der Waals surface area contributed by atoms with Crippen LogP contribution in [0.1, 0.15) is 12.5 Å². The van der Waals surface area contributed by atoms with E-state index >= 15 is 0 Å². The molecule has 1 atom stereocenters. The molecule has 14 heavy (non-hydrogen) atoms. The molecule has 4 nitrogen and oxygen atoms in total. The summed E-state index contributed by atoms with van der Waals surface area (Å²) in [6.07, 6.45) is 0. The van der Waals surface area contributed by atoms with Crippen molar-refractivity contribution in [1.82, 2.24) is 0 Å². The van der Waals surface area contributed by atoms with Crippen molar-refractivity contribution in [3.63, 3.8) is 0 Å². The average molecular weight is 220 g/mol. The molecule has 0 aliphatic rings. The topological polar surface area (TPSA) is 63.6 Å². The fourth-order valence-electron chi connectivity index (χ4n) is 0.982. The Balaban J connectivity index is 2.97. The fourth-order valence-corrected chi connectivity index (χ4v) is 1.47. The van der Waals surface area contributed by atoms with Gasteiger partial charge in [0, 0.05) is 12.5 Å². The van der Waals surface area contributed by atoms with Crippen molar-refractivity contribution in [3.05, 3.63) is 35.9 Å². The highest BCUT2D eigenvalue weighted by Crippen LogP contribution is 2.27. The standard InChI is InChI=1S/C8H9FO4S/c1-8(9,13-14(10,11)12)7-5-3-2-4-6-7/h2-6H,1H3,(H,10,11,12). The molecule has 1 aromatic carbocycles. The van der Waals surface area contributed by atoms with Crippen LogP contribution in [0.25, 0.3) is 0 Å². The number of halogens is 1. The van der Waals surface area contributed by atoms with E-state index in [4.69, 9.17) is 4.55 Å². The van der Waals surface area contributed by atoms with Gasteiger partial charge in [-0.25, -0.2) is 8.57 Å². The molecule has 1 N–H and O–H groups in total. The van der Waals surface area contributed by atoms with Gasteiger partial charge in [-0.05, 0) is 0 Å². The van der Waals surface area contributed by atoms with Crippen molar-refractivity contribution in [2.75, 3.05) is 0 Å². The molecule has 0 fully saturated rings. The van der Waals surface area contributed by atoms with Crippen LogP contribution in [0.3, 0.4) is 0 Å². The molecule has 78 valence electrons. The van der Waals surface area contributed by atoms with Gasteiger partial charge in [-0.15, -0.1) is 0 Å². The van der Waals surface area contributed by atoms with Crippen LogP contribution in [0.4, 0.5) is 4.39 Å². The quantitative estimate of drug-likeness (QED) is 0.786. The first-order valence-corrected chi connectivity index (χ1v) is 5.10. The van der Waals surface area contributed by atoms with Crippen LogP contribution in [-0.4, -0.2) is 13.0 Å². The van der Waals surface area contributed by atoms with E-state index in [2.05, 4.69) is 4.18 Å². The molecule has 1 aromatic rings. The molecule has 1 unspecified atom stereocenters. The van der Waals surface area contributed by atoms with E-state index in [1.54, 1.807) is 6.07 Å². The highest BCUT2D eigenvalue weighted by Gasteiger charge is 2.32. The molecule has 0 heterocycles. The van der Waals surface area contributed by atoms with E-state index in [-0.39, 0.29) is 5.56 Å². The van der Waals surface area contributed by atoms with Gasteiger partial charge in [-0.1, -0.05) is 30.3 Å². The van der Waals surface area contributed by atoms with E-state index in [1.807, 2.05) is 0 Å². The van der Waals surface area contributed by atoms with Gasteiger partial charge in [0.2, 0.25) is 0 Å². The molecule has 0 saturated heterocycles. The smallest absolute Gasteiger partial charge is 0.263 e. The van der Waals surface area contributed by atoms with E-state index in [9.17, 15) is 12.8 Å². The number of alkyl halides is 1. The van der Waals surface area contributed by atoms with Gasteiger partial charge >= 0.3 is 10.4 Å². The Kier molecular flexibility index (Phi) is 2.89. The largest absolute Gasteiger partial charge is 0.400 e. The molecular weight excluding hydrogens is 211 g/mol. The summed E-state index contributed by atoms with van der Waals surface area (Å²) < 4.78 is 46.4. The number of rotatable bonds is 3. The van der Waals surface area contributed by atoms with Crippen molar-refractivity contribution < 1.29 is 21.5 Å². The molecule has 1 rings (SSSR count). The maximum absolute atomic E-state index is 13.6. The highest BCUT2D eigenvalue weighted by atomic mass is 32.3. The summed E-state index contributed by atoms with van der Waals surface area (Å²) in [4.78, 5) is 0. The Hall–Kier alpha value is -0.980. The van der Waals surface area contributed by atoms with E-state index in [0.29, 0.717) is 0 Å². The normalized spacial score (nSPS) is 16.2. The van der Waals surface area contributed by atoms with E-state index in [1.165, 1.54) is 24.3 Å². The van der Waals surface area contributed by atoms with Crippen molar-refractivity contribution in [1.29, 1.82) is 0 Å². The Labute approximate surface area is 81.3 Å². The van der Waals surface area contributed by atoms with E-state index < -0.39 is 16.3 Å². The van der Waals surface area contributed by atoms with Gasteiger partial charge in [-0.2, -0.15) is 8.42 Å². The Morgan fingerprint density at radius 1 is 1.36 bits per heavy atom. The molecule has 0 saturated carbocycles. The molecule has 0 aromatic heterocycles. The van der Waals surface area contributed by atoms with Gasteiger partial charge in [-0.3, -0.25) is 4.55 Å². The maximum atomic E-state index is 13.6. The minimum atomic E-state index is -4.80. The van der Waals surface area contributed by atoms with Crippen molar-refractivity contribution >= 4 is 10.4 Å². The Bertz CT molecular complexity index is 399. The first-order valence-electron chi connectivity index (χ1n) is 3.74. The maximum Gasteiger partial charge on any atom is 0.400 e. The van der Waals surface area contributed by atoms with Crippen LogP contribution in [-0.2, 0) is 20.4 Å². The lowest BCUT2D eigenvalue weighted by Crippen LogP contribution is -2.23. The molecular formula is C8H9FO4S. The second-order valence-corrected chi connectivity index (χ2v) is 3.82. The fraction of sp³-hybridized carbons (Fsp3) is 0.250. The second kappa shape index (κ2) is 3.64.